The van der Waals surface area contributed by atoms with Gasteiger partial charge in [0.1, 0.15) is 18.2 Å². The Labute approximate surface area is 163 Å². The van der Waals surface area contributed by atoms with E-state index in [0.717, 1.165) is 70.3 Å². The zero-order chi connectivity index (χ0) is 19.1. The van der Waals surface area contributed by atoms with Crippen molar-refractivity contribution in [2.24, 2.45) is 0 Å². The van der Waals surface area contributed by atoms with Gasteiger partial charge in [-0.25, -0.2) is 9.97 Å². The first-order valence-electron chi connectivity index (χ1n) is 10.2. The van der Waals surface area contributed by atoms with Crippen LogP contribution in [0, 0.1) is 18.8 Å². The van der Waals surface area contributed by atoms with Gasteiger partial charge in [-0.3, -0.25) is 9.80 Å². The summed E-state index contributed by atoms with van der Waals surface area (Å²) in [5.74, 6) is 8.34. The summed E-state index contributed by atoms with van der Waals surface area (Å²) in [5, 5.41) is 0. The number of nitrogens with zero attached hydrogens (tertiary/aromatic N) is 5. The van der Waals surface area contributed by atoms with Crippen molar-refractivity contribution in [2.45, 2.75) is 45.8 Å². The minimum absolute atomic E-state index is 0.313. The van der Waals surface area contributed by atoms with E-state index in [2.05, 4.69) is 50.4 Å². The van der Waals surface area contributed by atoms with Crippen molar-refractivity contribution >= 4 is 5.82 Å². The van der Waals surface area contributed by atoms with Gasteiger partial charge < -0.3 is 9.64 Å². The third-order valence-corrected chi connectivity index (χ3v) is 5.48. The van der Waals surface area contributed by atoms with Gasteiger partial charge in [0, 0.05) is 51.5 Å². The summed E-state index contributed by atoms with van der Waals surface area (Å²) >= 11 is 0. The molecule has 0 bridgehead atoms. The number of anilines is 1. The summed E-state index contributed by atoms with van der Waals surface area (Å²) in [5.41, 5.74) is 0. The predicted molar refractivity (Wildman–Crippen MR) is 109 cm³/mol. The highest BCUT2D eigenvalue weighted by Gasteiger charge is 2.20. The Morgan fingerprint density at radius 2 is 1.85 bits per heavy atom. The fraction of sp³-hybridized carbons (Fsp3) is 0.714. The Hall–Kier alpha value is -1.68. The highest BCUT2D eigenvalue weighted by atomic mass is 16.5. The molecule has 0 saturated carbocycles. The predicted octanol–water partition coefficient (Wildman–Crippen LogP) is 1.80. The lowest BCUT2D eigenvalue weighted by Crippen LogP contribution is -2.48. The maximum Gasteiger partial charge on any atom is 0.132 e. The third-order valence-electron chi connectivity index (χ3n) is 5.48. The number of aryl methyl sites for hydroxylation is 1. The largest absolute Gasteiger partial charge is 0.365 e. The lowest BCUT2D eigenvalue weighted by molar-refractivity contribution is 0.0593. The zero-order valence-electron chi connectivity index (χ0n) is 17.0. The summed E-state index contributed by atoms with van der Waals surface area (Å²) in [6.45, 7) is 14.4. The van der Waals surface area contributed by atoms with Crippen LogP contribution in [0.25, 0.3) is 0 Å². The van der Waals surface area contributed by atoms with Gasteiger partial charge in [0.25, 0.3) is 0 Å². The molecule has 0 spiro atoms. The molecule has 1 aromatic heterocycles. The Morgan fingerprint density at radius 3 is 2.52 bits per heavy atom. The minimum Gasteiger partial charge on any atom is -0.365 e. The second kappa shape index (κ2) is 10.0. The Bertz CT molecular complexity index is 637. The molecule has 148 valence electrons. The highest BCUT2D eigenvalue weighted by Crippen LogP contribution is 2.19. The van der Waals surface area contributed by atoms with E-state index in [1.54, 1.807) is 0 Å². The van der Waals surface area contributed by atoms with Gasteiger partial charge >= 0.3 is 0 Å². The number of aromatic nitrogens is 2. The molecule has 0 aliphatic carbocycles. The molecule has 2 saturated heterocycles. The Kier molecular flexibility index (Phi) is 7.45. The number of piperidine rings is 1. The van der Waals surface area contributed by atoms with Crippen LogP contribution < -0.4 is 4.90 Å². The van der Waals surface area contributed by atoms with Gasteiger partial charge in [-0.2, -0.15) is 0 Å². The van der Waals surface area contributed by atoms with Crippen LogP contribution in [0.4, 0.5) is 5.82 Å². The fourth-order valence-electron chi connectivity index (χ4n) is 3.69. The van der Waals surface area contributed by atoms with Gasteiger partial charge in [0.05, 0.1) is 12.6 Å². The molecule has 6 heteroatoms. The molecule has 0 N–H and O–H groups in total. The summed E-state index contributed by atoms with van der Waals surface area (Å²) in [6.07, 6.45) is 4.20. The molecule has 0 atom stereocenters. The standard InChI is InChI=1S/C21H33N5O/c1-18(2)25-15-13-24(14-16-25)10-4-5-17-27-20-7-11-26(12-8-20)21-6-9-22-19(3)23-21/h6,9,18,20H,7-8,10-17H2,1-3H3. The van der Waals surface area contributed by atoms with Crippen LogP contribution in [0.5, 0.6) is 0 Å². The van der Waals surface area contributed by atoms with E-state index in [0.29, 0.717) is 18.8 Å². The van der Waals surface area contributed by atoms with Crippen LogP contribution in [0.1, 0.15) is 32.5 Å². The molecule has 6 nitrogen and oxygen atoms in total. The fourth-order valence-corrected chi connectivity index (χ4v) is 3.69. The number of hydrogen-bond acceptors (Lipinski definition) is 6. The van der Waals surface area contributed by atoms with E-state index in [4.69, 9.17) is 4.74 Å². The summed E-state index contributed by atoms with van der Waals surface area (Å²) in [6, 6.07) is 2.64. The topological polar surface area (TPSA) is 44.7 Å². The normalized spacial score (nSPS) is 19.9. The van der Waals surface area contributed by atoms with Crippen molar-refractivity contribution in [3.63, 3.8) is 0 Å². The first kappa shape index (κ1) is 20.1. The average molecular weight is 372 g/mol. The minimum atomic E-state index is 0.313. The molecule has 0 unspecified atom stereocenters. The van der Waals surface area contributed by atoms with E-state index in [1.165, 1.54) is 0 Å². The van der Waals surface area contributed by atoms with E-state index in [9.17, 15) is 0 Å². The molecule has 27 heavy (non-hydrogen) atoms. The average Bonchev–Trinajstić information content (AvgIpc) is 2.68. The van der Waals surface area contributed by atoms with Crippen molar-refractivity contribution in [1.82, 2.24) is 19.8 Å². The Morgan fingerprint density at radius 1 is 1.11 bits per heavy atom. The summed E-state index contributed by atoms with van der Waals surface area (Å²) in [4.78, 5) is 16.0. The Balaban J connectivity index is 1.30. The van der Waals surface area contributed by atoms with E-state index in [-0.39, 0.29) is 0 Å². The van der Waals surface area contributed by atoms with Gasteiger partial charge in [-0.15, -0.1) is 0 Å². The molecule has 1 aromatic rings. The van der Waals surface area contributed by atoms with Crippen molar-refractivity contribution in [1.29, 1.82) is 0 Å². The molecule has 2 fully saturated rings. The first-order valence-corrected chi connectivity index (χ1v) is 10.2. The molecular weight excluding hydrogens is 338 g/mol. The smallest absolute Gasteiger partial charge is 0.132 e. The van der Waals surface area contributed by atoms with Crippen molar-refractivity contribution < 1.29 is 4.74 Å². The molecule has 2 aliphatic heterocycles. The maximum atomic E-state index is 5.97. The lowest BCUT2D eigenvalue weighted by atomic mass is 10.1. The second-order valence-electron chi connectivity index (χ2n) is 7.72. The van der Waals surface area contributed by atoms with Crippen LogP contribution in [-0.4, -0.2) is 84.3 Å². The van der Waals surface area contributed by atoms with Crippen LogP contribution in [0.2, 0.25) is 0 Å². The van der Waals surface area contributed by atoms with Crippen LogP contribution in [-0.2, 0) is 4.74 Å². The number of hydrogen-bond donors (Lipinski definition) is 0. The SMILES string of the molecule is Cc1nccc(N2CCC(OCC#CCN3CCN(C(C)C)CC3)CC2)n1. The van der Waals surface area contributed by atoms with Crippen LogP contribution in [0.3, 0.4) is 0 Å². The van der Waals surface area contributed by atoms with Crippen LogP contribution in [0.15, 0.2) is 12.3 Å². The van der Waals surface area contributed by atoms with Gasteiger partial charge in [-0.05, 0) is 39.7 Å². The molecule has 0 aromatic carbocycles. The van der Waals surface area contributed by atoms with E-state index >= 15 is 0 Å². The quantitative estimate of drug-likeness (QED) is 0.736. The molecule has 0 radical (unpaired) electrons. The second-order valence-corrected chi connectivity index (χ2v) is 7.72. The molecule has 0 amide bonds. The molecule has 2 aliphatic rings. The van der Waals surface area contributed by atoms with Crippen molar-refractivity contribution in [2.75, 3.05) is 57.3 Å². The van der Waals surface area contributed by atoms with Gasteiger partial charge in [-0.1, -0.05) is 11.8 Å². The molecule has 3 rings (SSSR count). The number of rotatable bonds is 5. The molecular formula is C21H33N5O. The monoisotopic (exact) mass is 371 g/mol. The highest BCUT2D eigenvalue weighted by molar-refractivity contribution is 5.37. The first-order chi connectivity index (χ1) is 13.1. The van der Waals surface area contributed by atoms with Crippen LogP contribution >= 0.6 is 0 Å². The number of piperazine rings is 1. The van der Waals surface area contributed by atoms with E-state index in [1.807, 2.05) is 19.2 Å². The maximum absolute atomic E-state index is 5.97. The van der Waals surface area contributed by atoms with Crippen molar-refractivity contribution in [3.8, 4) is 11.8 Å². The van der Waals surface area contributed by atoms with Crippen molar-refractivity contribution in [3.05, 3.63) is 18.1 Å². The third kappa shape index (κ3) is 6.17. The summed E-state index contributed by atoms with van der Waals surface area (Å²) in [7, 11) is 0. The lowest BCUT2D eigenvalue weighted by Gasteiger charge is -2.36. The van der Waals surface area contributed by atoms with Gasteiger partial charge in [0.2, 0.25) is 0 Å². The molecule has 3 heterocycles. The zero-order valence-corrected chi connectivity index (χ0v) is 17.0. The van der Waals surface area contributed by atoms with E-state index < -0.39 is 0 Å². The van der Waals surface area contributed by atoms with Gasteiger partial charge in [0.15, 0.2) is 0 Å². The summed E-state index contributed by atoms with van der Waals surface area (Å²) < 4.78 is 5.97. The number of ether oxygens (including phenoxy) is 1.